The van der Waals surface area contributed by atoms with Crippen molar-refractivity contribution in [2.45, 2.75) is 50.8 Å². The van der Waals surface area contributed by atoms with Crippen molar-refractivity contribution < 1.29 is 23.8 Å². The Balaban J connectivity index is 2.20. The molecule has 116 valence electrons. The van der Waals surface area contributed by atoms with Crippen LogP contribution in [0.4, 0.5) is 8.78 Å². The number of carbonyl (C=O) groups is 1. The Morgan fingerprint density at radius 3 is 2.81 bits per heavy atom. The molecule has 21 heavy (non-hydrogen) atoms. The van der Waals surface area contributed by atoms with Crippen LogP contribution in [0.5, 0.6) is 0 Å². The van der Waals surface area contributed by atoms with Gasteiger partial charge in [-0.25, -0.2) is 8.78 Å². The van der Waals surface area contributed by atoms with Crippen molar-refractivity contribution in [2.75, 3.05) is 0 Å². The average Bonchev–Trinajstić information content (AvgIpc) is 2.40. The van der Waals surface area contributed by atoms with Gasteiger partial charge >= 0.3 is 5.97 Å². The van der Waals surface area contributed by atoms with Crippen molar-refractivity contribution in [1.82, 2.24) is 5.32 Å². The zero-order valence-electron chi connectivity index (χ0n) is 11.8. The largest absolute Gasteiger partial charge is 0.480 e. The second-order valence-corrected chi connectivity index (χ2v) is 5.40. The summed E-state index contributed by atoms with van der Waals surface area (Å²) in [5.74, 6) is -2.44. The molecular weight excluding hydrogens is 280 g/mol. The summed E-state index contributed by atoms with van der Waals surface area (Å²) in [7, 11) is 0. The van der Waals surface area contributed by atoms with Gasteiger partial charge in [0, 0.05) is 17.7 Å². The molecule has 1 aliphatic carbocycles. The van der Waals surface area contributed by atoms with Crippen LogP contribution in [0.2, 0.25) is 0 Å². The molecule has 4 nitrogen and oxygen atoms in total. The van der Waals surface area contributed by atoms with Crippen LogP contribution in [0.25, 0.3) is 0 Å². The van der Waals surface area contributed by atoms with Gasteiger partial charge in [0.15, 0.2) is 0 Å². The molecule has 0 radical (unpaired) electrons. The van der Waals surface area contributed by atoms with E-state index in [1.165, 1.54) is 6.07 Å². The molecule has 6 heteroatoms. The number of fused-ring (bicyclic) bond motifs is 1. The normalized spacial score (nSPS) is 22.7. The van der Waals surface area contributed by atoms with E-state index in [9.17, 15) is 18.7 Å². The summed E-state index contributed by atoms with van der Waals surface area (Å²) < 4.78 is 27.0. The number of carboxylic acid groups (broad SMARTS) is 1. The van der Waals surface area contributed by atoms with Gasteiger partial charge in [-0.15, -0.1) is 0 Å². The first-order valence-electron chi connectivity index (χ1n) is 7.08. The van der Waals surface area contributed by atoms with Crippen molar-refractivity contribution in [3.63, 3.8) is 0 Å². The second kappa shape index (κ2) is 6.49. The summed E-state index contributed by atoms with van der Waals surface area (Å²) in [6.45, 7) is 1.87. The number of aliphatic hydroxyl groups is 1. The van der Waals surface area contributed by atoms with Crippen LogP contribution < -0.4 is 5.32 Å². The summed E-state index contributed by atoms with van der Waals surface area (Å²) in [6.07, 6.45) is 0.773. The van der Waals surface area contributed by atoms with Crippen molar-refractivity contribution in [1.29, 1.82) is 0 Å². The first-order valence-corrected chi connectivity index (χ1v) is 7.08. The number of rotatable bonds is 5. The zero-order valence-corrected chi connectivity index (χ0v) is 11.8. The monoisotopic (exact) mass is 299 g/mol. The minimum Gasteiger partial charge on any atom is -0.480 e. The Kier molecular flexibility index (Phi) is 4.90. The second-order valence-electron chi connectivity index (χ2n) is 5.40. The fourth-order valence-electron chi connectivity index (χ4n) is 2.85. The molecule has 0 amide bonds. The van der Waals surface area contributed by atoms with Crippen LogP contribution >= 0.6 is 0 Å². The predicted octanol–water partition coefficient (Wildman–Crippen LogP) is 2.16. The Labute approximate surface area is 121 Å². The highest BCUT2D eigenvalue weighted by molar-refractivity contribution is 5.73. The number of benzene rings is 1. The minimum absolute atomic E-state index is 0.0702. The average molecular weight is 299 g/mol. The van der Waals surface area contributed by atoms with E-state index in [2.05, 4.69) is 5.32 Å². The Bertz CT molecular complexity index is 536. The molecule has 1 aromatic carbocycles. The van der Waals surface area contributed by atoms with Gasteiger partial charge in [-0.3, -0.25) is 10.1 Å². The van der Waals surface area contributed by atoms with Crippen molar-refractivity contribution in [3.05, 3.63) is 34.9 Å². The Morgan fingerprint density at radius 1 is 1.48 bits per heavy atom. The van der Waals surface area contributed by atoms with Crippen LogP contribution in [0.3, 0.4) is 0 Å². The number of aryl methyl sites for hydroxylation is 1. The third-order valence-electron chi connectivity index (χ3n) is 3.87. The number of hydrogen-bond acceptors (Lipinski definition) is 3. The number of nitrogens with one attached hydrogen (secondary N) is 1. The first-order chi connectivity index (χ1) is 9.93. The van der Waals surface area contributed by atoms with E-state index in [1.54, 1.807) is 0 Å². The highest BCUT2D eigenvalue weighted by atomic mass is 19.1. The van der Waals surface area contributed by atoms with Gasteiger partial charge in [-0.1, -0.05) is 13.3 Å². The van der Waals surface area contributed by atoms with E-state index in [0.29, 0.717) is 31.2 Å². The lowest BCUT2D eigenvalue weighted by Crippen LogP contribution is -2.47. The maximum Gasteiger partial charge on any atom is 0.320 e. The molecule has 0 aliphatic heterocycles. The van der Waals surface area contributed by atoms with Gasteiger partial charge in [0.25, 0.3) is 0 Å². The highest BCUT2D eigenvalue weighted by Crippen LogP contribution is 2.33. The lowest BCUT2D eigenvalue weighted by atomic mass is 9.85. The fraction of sp³-hybridized carbons (Fsp3) is 0.533. The van der Waals surface area contributed by atoms with E-state index in [4.69, 9.17) is 5.11 Å². The number of aliphatic hydroxyl groups excluding tert-OH is 1. The van der Waals surface area contributed by atoms with Gasteiger partial charge in [0.2, 0.25) is 0 Å². The van der Waals surface area contributed by atoms with Crippen molar-refractivity contribution in [3.8, 4) is 0 Å². The van der Waals surface area contributed by atoms with E-state index in [-0.39, 0.29) is 5.56 Å². The van der Waals surface area contributed by atoms with Gasteiger partial charge in [0.1, 0.15) is 17.7 Å². The van der Waals surface area contributed by atoms with Crippen LogP contribution in [0.1, 0.15) is 43.4 Å². The smallest absolute Gasteiger partial charge is 0.320 e. The Morgan fingerprint density at radius 2 is 2.19 bits per heavy atom. The Hall–Kier alpha value is -1.53. The van der Waals surface area contributed by atoms with Crippen LogP contribution in [-0.2, 0) is 11.2 Å². The van der Waals surface area contributed by atoms with Crippen LogP contribution in [0, 0.1) is 11.6 Å². The number of carboxylic acids is 1. The standard InChI is InChI=1S/C15H19F2NO3/c1-2-3-12(15(20)21)18-11-5-4-8-6-9(16)7-10(17)13(8)14(11)19/h6-7,11-12,14,18-19H,2-5H2,1H3,(H,20,21). The third-order valence-corrected chi connectivity index (χ3v) is 3.87. The number of aliphatic carboxylic acids is 1. The highest BCUT2D eigenvalue weighted by Gasteiger charge is 2.33. The van der Waals surface area contributed by atoms with Crippen LogP contribution in [-0.4, -0.2) is 28.3 Å². The molecule has 0 heterocycles. The summed E-state index contributed by atoms with van der Waals surface area (Å²) >= 11 is 0. The SMILES string of the molecule is CCCC(NC1CCc2cc(F)cc(F)c2C1O)C(=O)O. The molecule has 0 fully saturated rings. The van der Waals surface area contributed by atoms with Gasteiger partial charge in [-0.05, 0) is 30.9 Å². The molecule has 1 aromatic rings. The summed E-state index contributed by atoms with van der Waals surface area (Å²) in [6, 6.07) is 0.633. The van der Waals surface area contributed by atoms with E-state index < -0.39 is 35.8 Å². The summed E-state index contributed by atoms with van der Waals surface area (Å²) in [5, 5.41) is 22.3. The molecule has 0 saturated carbocycles. The molecule has 3 atom stereocenters. The minimum atomic E-state index is -1.17. The van der Waals surface area contributed by atoms with E-state index in [1.807, 2.05) is 6.92 Å². The molecule has 0 spiro atoms. The molecular formula is C15H19F2NO3. The van der Waals surface area contributed by atoms with E-state index >= 15 is 0 Å². The molecule has 2 rings (SSSR count). The molecule has 0 saturated heterocycles. The molecule has 0 bridgehead atoms. The number of halogens is 2. The molecule has 3 N–H and O–H groups in total. The zero-order chi connectivity index (χ0) is 15.6. The molecule has 3 unspecified atom stereocenters. The summed E-state index contributed by atoms with van der Waals surface area (Å²) in [4.78, 5) is 11.2. The molecule has 1 aliphatic rings. The fourth-order valence-corrected chi connectivity index (χ4v) is 2.85. The quantitative estimate of drug-likeness (QED) is 0.779. The lowest BCUT2D eigenvalue weighted by molar-refractivity contribution is -0.140. The summed E-state index contributed by atoms with van der Waals surface area (Å²) in [5.41, 5.74) is 0.515. The molecule has 0 aromatic heterocycles. The van der Waals surface area contributed by atoms with Crippen molar-refractivity contribution in [2.24, 2.45) is 0 Å². The van der Waals surface area contributed by atoms with E-state index in [0.717, 1.165) is 6.07 Å². The van der Waals surface area contributed by atoms with Gasteiger partial charge < -0.3 is 10.2 Å². The maximum atomic E-state index is 13.9. The lowest BCUT2D eigenvalue weighted by Gasteiger charge is -2.33. The third kappa shape index (κ3) is 3.39. The number of hydrogen-bond donors (Lipinski definition) is 3. The topological polar surface area (TPSA) is 69.6 Å². The van der Waals surface area contributed by atoms with Crippen LogP contribution in [0.15, 0.2) is 12.1 Å². The predicted molar refractivity (Wildman–Crippen MR) is 72.9 cm³/mol. The van der Waals surface area contributed by atoms with Crippen molar-refractivity contribution >= 4 is 5.97 Å². The maximum absolute atomic E-state index is 13.9. The van der Waals surface area contributed by atoms with Gasteiger partial charge in [-0.2, -0.15) is 0 Å². The van der Waals surface area contributed by atoms with Gasteiger partial charge in [0.05, 0.1) is 6.10 Å². The first kappa shape index (κ1) is 15.9.